The Morgan fingerprint density at radius 1 is 1.30 bits per heavy atom. The molecule has 0 aliphatic rings. The van der Waals surface area contributed by atoms with Crippen molar-refractivity contribution in [2.24, 2.45) is 0 Å². The Balaban J connectivity index is 2.15. The lowest BCUT2D eigenvalue weighted by molar-refractivity contribution is -0.138. The number of aromatic nitrogens is 3. The number of nitrogens with one attached hydrogen (secondary N) is 1. The molecule has 0 bridgehead atoms. The van der Waals surface area contributed by atoms with Crippen molar-refractivity contribution in [2.75, 3.05) is 0 Å². The van der Waals surface area contributed by atoms with Crippen molar-refractivity contribution in [1.82, 2.24) is 19.9 Å². The van der Waals surface area contributed by atoms with Gasteiger partial charge in [0.1, 0.15) is 0 Å². The van der Waals surface area contributed by atoms with Gasteiger partial charge in [0.15, 0.2) is 0 Å². The number of carbonyl (C=O) groups excluding carboxylic acids is 1. The number of carbonyl (C=O) groups is 1. The van der Waals surface area contributed by atoms with Crippen molar-refractivity contribution in [2.45, 2.75) is 33.0 Å². The molecule has 0 spiro atoms. The lowest BCUT2D eigenvalue weighted by atomic mass is 10.0. The molecular formula is C18H17F3N4OS. The van der Waals surface area contributed by atoms with E-state index in [1.54, 1.807) is 0 Å². The zero-order valence-electron chi connectivity index (χ0n) is 14.8. The van der Waals surface area contributed by atoms with E-state index >= 15 is 0 Å². The van der Waals surface area contributed by atoms with Crippen molar-refractivity contribution < 1.29 is 18.0 Å². The number of benzene rings is 1. The van der Waals surface area contributed by atoms with E-state index in [-0.39, 0.29) is 16.9 Å². The summed E-state index contributed by atoms with van der Waals surface area (Å²) in [6.45, 7) is 5.52. The largest absolute Gasteiger partial charge is 0.445 e. The Bertz CT molecular complexity index is 1020. The number of rotatable bonds is 4. The molecule has 0 saturated heterocycles. The molecule has 0 fully saturated rings. The quantitative estimate of drug-likeness (QED) is 0.671. The average molecular weight is 394 g/mol. The molecule has 0 saturated carbocycles. The minimum atomic E-state index is -4.55. The van der Waals surface area contributed by atoms with Gasteiger partial charge in [-0.15, -0.1) is 5.10 Å². The van der Waals surface area contributed by atoms with Gasteiger partial charge >= 0.3 is 6.18 Å². The lowest BCUT2D eigenvalue weighted by Crippen LogP contribution is -2.28. The molecule has 5 nitrogen and oxygen atoms in total. The summed E-state index contributed by atoms with van der Waals surface area (Å²) >= 11 is 0.466. The molecule has 0 aliphatic carbocycles. The molecule has 27 heavy (non-hydrogen) atoms. The lowest BCUT2D eigenvalue weighted by Gasteiger charge is -2.06. The van der Waals surface area contributed by atoms with Crippen LogP contribution in [0.5, 0.6) is 0 Å². The van der Waals surface area contributed by atoms with Crippen LogP contribution in [0.15, 0.2) is 30.3 Å². The fourth-order valence-electron chi connectivity index (χ4n) is 2.55. The molecule has 3 rings (SSSR count). The summed E-state index contributed by atoms with van der Waals surface area (Å²) in [6.07, 6.45) is -1.83. The molecular weight excluding hydrogens is 377 g/mol. The van der Waals surface area contributed by atoms with Gasteiger partial charge in [0.25, 0.3) is 0 Å². The van der Waals surface area contributed by atoms with Crippen LogP contribution in [-0.4, -0.2) is 26.5 Å². The third-order valence-corrected chi connectivity index (χ3v) is 4.66. The molecule has 2 heterocycles. The number of alkyl halides is 3. The molecule has 1 N–H and O–H groups in total. The minimum absolute atomic E-state index is 0.0560. The number of amides is 1. The van der Waals surface area contributed by atoms with Crippen LogP contribution < -0.4 is 5.32 Å². The molecule has 0 radical (unpaired) electrons. The van der Waals surface area contributed by atoms with Gasteiger partial charge < -0.3 is 5.32 Å². The molecule has 2 aromatic heterocycles. The Morgan fingerprint density at radius 2 is 2.00 bits per heavy atom. The molecule has 142 valence electrons. The number of hydrogen-bond acceptors (Lipinski definition) is 4. The highest BCUT2D eigenvalue weighted by molar-refractivity contribution is 7.16. The summed E-state index contributed by atoms with van der Waals surface area (Å²) in [5.41, 5.74) is 2.49. The Hall–Kier alpha value is -2.68. The third-order valence-electron chi connectivity index (χ3n) is 3.70. The van der Waals surface area contributed by atoms with Crippen LogP contribution in [0.4, 0.5) is 13.2 Å². The smallest absolute Gasteiger partial charge is 0.350 e. The summed E-state index contributed by atoms with van der Waals surface area (Å²) in [5, 5.41) is 5.38. The van der Waals surface area contributed by atoms with E-state index in [4.69, 9.17) is 0 Å². The average Bonchev–Trinajstić information content (AvgIpc) is 3.10. The molecule has 9 heteroatoms. The number of nitrogens with zero attached hydrogens (tertiary/aromatic N) is 3. The van der Waals surface area contributed by atoms with E-state index in [0.717, 1.165) is 15.6 Å². The number of hydrogen-bond donors (Lipinski definition) is 1. The van der Waals surface area contributed by atoms with Gasteiger partial charge in [-0.2, -0.15) is 13.2 Å². The van der Waals surface area contributed by atoms with E-state index in [0.29, 0.717) is 22.7 Å². The number of fused-ring (bicyclic) bond motifs is 1. The van der Waals surface area contributed by atoms with Gasteiger partial charge in [0.05, 0.1) is 11.4 Å². The number of halogens is 3. The van der Waals surface area contributed by atoms with Gasteiger partial charge in [-0.25, -0.2) is 9.50 Å². The monoisotopic (exact) mass is 394 g/mol. The zero-order chi connectivity index (χ0) is 19.8. The summed E-state index contributed by atoms with van der Waals surface area (Å²) in [5.74, 6) is -0.345. The molecule has 0 atom stereocenters. The first-order valence-electron chi connectivity index (χ1n) is 8.18. The van der Waals surface area contributed by atoms with Crippen molar-refractivity contribution in [3.8, 4) is 11.3 Å². The van der Waals surface area contributed by atoms with E-state index in [2.05, 4.69) is 15.4 Å². The van der Waals surface area contributed by atoms with Gasteiger partial charge in [0.2, 0.25) is 15.9 Å². The highest BCUT2D eigenvalue weighted by Crippen LogP contribution is 2.35. The second-order valence-electron chi connectivity index (χ2n) is 6.26. The van der Waals surface area contributed by atoms with Gasteiger partial charge in [0, 0.05) is 17.7 Å². The van der Waals surface area contributed by atoms with Gasteiger partial charge in [-0.1, -0.05) is 35.6 Å². The second-order valence-corrected chi connectivity index (χ2v) is 7.21. The normalized spacial score (nSPS) is 12.4. The molecule has 1 aromatic carbocycles. The van der Waals surface area contributed by atoms with Crippen molar-refractivity contribution in [3.63, 3.8) is 0 Å². The highest BCUT2D eigenvalue weighted by atomic mass is 32.1. The van der Waals surface area contributed by atoms with E-state index in [9.17, 15) is 18.0 Å². The molecule has 0 unspecified atom stereocenters. The summed E-state index contributed by atoms with van der Waals surface area (Å²) in [6, 6.07) is 7.35. The fourth-order valence-corrected chi connectivity index (χ4v) is 3.33. The SMILES string of the molecule is Cc1ccccc1-c1nc2sc(C(F)(F)F)nn2c1C=CC(=O)NC(C)C. The van der Waals surface area contributed by atoms with Gasteiger partial charge in [-0.3, -0.25) is 4.79 Å². The maximum absolute atomic E-state index is 13.0. The maximum Gasteiger partial charge on any atom is 0.445 e. The van der Waals surface area contributed by atoms with Crippen LogP contribution in [-0.2, 0) is 11.0 Å². The van der Waals surface area contributed by atoms with Crippen LogP contribution in [0.3, 0.4) is 0 Å². The Kier molecular flexibility index (Phi) is 5.05. The summed E-state index contributed by atoms with van der Waals surface area (Å²) < 4.78 is 40.1. The number of aryl methyl sites for hydroxylation is 1. The Labute approximate surface area is 157 Å². The van der Waals surface area contributed by atoms with Crippen LogP contribution in [0, 0.1) is 6.92 Å². The molecule has 3 aromatic rings. The predicted octanol–water partition coefficient (Wildman–Crippen LogP) is 4.32. The van der Waals surface area contributed by atoms with Gasteiger partial charge in [-0.05, 0) is 32.4 Å². The predicted molar refractivity (Wildman–Crippen MR) is 98.4 cm³/mol. The van der Waals surface area contributed by atoms with Crippen molar-refractivity contribution >= 4 is 28.3 Å². The second kappa shape index (κ2) is 7.15. The molecule has 0 aliphatic heterocycles. The minimum Gasteiger partial charge on any atom is -0.350 e. The van der Waals surface area contributed by atoms with Crippen LogP contribution >= 0.6 is 11.3 Å². The molecule has 1 amide bonds. The van der Waals surface area contributed by atoms with Crippen molar-refractivity contribution in [1.29, 1.82) is 0 Å². The van der Waals surface area contributed by atoms with Crippen LogP contribution in [0.2, 0.25) is 0 Å². The zero-order valence-corrected chi connectivity index (χ0v) is 15.6. The first-order valence-corrected chi connectivity index (χ1v) is 9.00. The first kappa shape index (κ1) is 19.1. The van der Waals surface area contributed by atoms with Crippen LogP contribution in [0.25, 0.3) is 22.3 Å². The first-order chi connectivity index (χ1) is 12.7. The summed E-state index contributed by atoms with van der Waals surface area (Å²) in [7, 11) is 0. The van der Waals surface area contributed by atoms with E-state index in [1.807, 2.05) is 45.0 Å². The maximum atomic E-state index is 13.0. The number of imidazole rings is 1. The van der Waals surface area contributed by atoms with Crippen LogP contribution in [0.1, 0.15) is 30.1 Å². The highest BCUT2D eigenvalue weighted by Gasteiger charge is 2.36. The summed E-state index contributed by atoms with van der Waals surface area (Å²) in [4.78, 5) is 16.4. The Morgan fingerprint density at radius 3 is 2.63 bits per heavy atom. The van der Waals surface area contributed by atoms with E-state index < -0.39 is 11.2 Å². The fraction of sp³-hybridized carbons (Fsp3) is 0.278. The van der Waals surface area contributed by atoms with Crippen molar-refractivity contribution in [3.05, 3.63) is 46.6 Å². The third kappa shape index (κ3) is 4.02. The topological polar surface area (TPSA) is 59.3 Å². The standard InChI is InChI=1S/C18H17F3N4OS/c1-10(2)22-14(26)9-8-13-15(12-7-5-4-6-11(12)3)23-17-25(13)24-16(27-17)18(19,20)21/h4-10H,1-3H3,(H,22,26). The van der Waals surface area contributed by atoms with E-state index in [1.165, 1.54) is 12.2 Å².